The van der Waals surface area contributed by atoms with Crippen molar-refractivity contribution in [3.05, 3.63) is 18.0 Å². The molecule has 0 unspecified atom stereocenters. The number of hydrogen-bond acceptors (Lipinski definition) is 3. The molecule has 112 valence electrons. The van der Waals surface area contributed by atoms with E-state index in [-0.39, 0.29) is 0 Å². The van der Waals surface area contributed by atoms with Gasteiger partial charge in [0.1, 0.15) is 12.0 Å². The van der Waals surface area contributed by atoms with E-state index in [1.807, 2.05) is 6.07 Å². The van der Waals surface area contributed by atoms with Crippen LogP contribution in [0.4, 0.5) is 0 Å². The molecule has 1 fully saturated rings. The predicted molar refractivity (Wildman–Crippen MR) is 80.5 cm³/mol. The molecule has 2 rings (SSSR count). The zero-order valence-corrected chi connectivity index (χ0v) is 12.6. The van der Waals surface area contributed by atoms with E-state index in [0.29, 0.717) is 12.0 Å². The summed E-state index contributed by atoms with van der Waals surface area (Å²) in [7, 11) is 0. The molecule has 5 nitrogen and oxygen atoms in total. The van der Waals surface area contributed by atoms with E-state index in [1.165, 1.54) is 32.1 Å². The monoisotopic (exact) mass is 278 g/mol. The van der Waals surface area contributed by atoms with Crippen molar-refractivity contribution in [3.8, 4) is 0 Å². The van der Waals surface area contributed by atoms with Crippen molar-refractivity contribution in [1.82, 2.24) is 15.8 Å². The summed E-state index contributed by atoms with van der Waals surface area (Å²) >= 11 is 0. The van der Waals surface area contributed by atoms with E-state index in [2.05, 4.69) is 34.6 Å². The molecule has 0 bridgehead atoms. The van der Waals surface area contributed by atoms with Gasteiger partial charge in [0.2, 0.25) is 0 Å². The van der Waals surface area contributed by atoms with E-state index in [1.54, 1.807) is 6.26 Å². The highest BCUT2D eigenvalue weighted by Gasteiger charge is 2.31. The van der Waals surface area contributed by atoms with E-state index in [4.69, 9.17) is 4.52 Å². The average Bonchev–Trinajstić information content (AvgIpc) is 3.14. The molecule has 20 heavy (non-hydrogen) atoms. The minimum absolute atomic E-state index is 0.462. The van der Waals surface area contributed by atoms with Crippen LogP contribution in [0.25, 0.3) is 0 Å². The number of guanidine groups is 1. The molecule has 2 N–H and O–H groups in total. The van der Waals surface area contributed by atoms with Crippen LogP contribution in [0.3, 0.4) is 0 Å². The van der Waals surface area contributed by atoms with Crippen LogP contribution in [-0.4, -0.2) is 24.2 Å². The normalized spacial score (nSPS) is 18.2. The first-order valence-corrected chi connectivity index (χ1v) is 7.69. The third kappa shape index (κ3) is 3.99. The Morgan fingerprint density at radius 3 is 2.75 bits per heavy atom. The fourth-order valence-corrected chi connectivity index (χ4v) is 2.87. The highest BCUT2D eigenvalue weighted by molar-refractivity contribution is 5.79. The smallest absolute Gasteiger partial charge is 0.191 e. The first kappa shape index (κ1) is 14.9. The summed E-state index contributed by atoms with van der Waals surface area (Å²) in [6.45, 7) is 6.80. The van der Waals surface area contributed by atoms with Crippen LogP contribution in [-0.2, 0) is 6.54 Å². The van der Waals surface area contributed by atoms with E-state index < -0.39 is 0 Å². The third-order valence-electron chi connectivity index (χ3n) is 4.28. The highest BCUT2D eigenvalue weighted by Crippen LogP contribution is 2.40. The maximum absolute atomic E-state index is 4.82. The summed E-state index contributed by atoms with van der Waals surface area (Å²) < 4.78 is 4.82. The van der Waals surface area contributed by atoms with Crippen LogP contribution in [0.15, 0.2) is 21.8 Å². The van der Waals surface area contributed by atoms with Crippen molar-refractivity contribution in [1.29, 1.82) is 0 Å². The summed E-state index contributed by atoms with van der Waals surface area (Å²) in [6, 6.07) is 1.84. The summed E-state index contributed by atoms with van der Waals surface area (Å²) in [5.74, 6) is 0.871. The minimum atomic E-state index is 0.462. The second kappa shape index (κ2) is 7.31. The molecule has 0 radical (unpaired) electrons. The Hall–Kier alpha value is -1.52. The SMILES string of the molecule is CCNC(=NCc1ccon1)NCC1(CC)CCCC1. The number of rotatable bonds is 6. The number of aliphatic imine (C=N–C) groups is 1. The van der Waals surface area contributed by atoms with Crippen molar-refractivity contribution in [2.75, 3.05) is 13.1 Å². The summed E-state index contributed by atoms with van der Waals surface area (Å²) in [4.78, 5) is 4.55. The molecule has 0 spiro atoms. The van der Waals surface area contributed by atoms with Gasteiger partial charge in [-0.05, 0) is 31.6 Å². The maximum Gasteiger partial charge on any atom is 0.191 e. The molecule has 1 aliphatic rings. The fourth-order valence-electron chi connectivity index (χ4n) is 2.87. The Morgan fingerprint density at radius 2 is 2.15 bits per heavy atom. The number of nitrogens with one attached hydrogen (secondary N) is 2. The van der Waals surface area contributed by atoms with E-state index >= 15 is 0 Å². The first-order valence-electron chi connectivity index (χ1n) is 7.69. The maximum atomic E-state index is 4.82. The zero-order valence-electron chi connectivity index (χ0n) is 12.6. The van der Waals surface area contributed by atoms with Crippen LogP contribution in [0.5, 0.6) is 0 Å². The molecule has 0 aromatic carbocycles. The molecule has 0 amide bonds. The molecule has 5 heteroatoms. The second-order valence-electron chi connectivity index (χ2n) is 5.60. The van der Waals surface area contributed by atoms with Crippen LogP contribution in [0.2, 0.25) is 0 Å². The highest BCUT2D eigenvalue weighted by atomic mass is 16.5. The molecule has 0 atom stereocenters. The average molecular weight is 278 g/mol. The lowest BCUT2D eigenvalue weighted by atomic mass is 9.83. The lowest BCUT2D eigenvalue weighted by Gasteiger charge is -2.28. The van der Waals surface area contributed by atoms with Gasteiger partial charge in [-0.15, -0.1) is 0 Å². The Morgan fingerprint density at radius 1 is 1.35 bits per heavy atom. The van der Waals surface area contributed by atoms with Gasteiger partial charge in [0.15, 0.2) is 5.96 Å². The van der Waals surface area contributed by atoms with Crippen molar-refractivity contribution in [2.24, 2.45) is 10.4 Å². The van der Waals surface area contributed by atoms with Crippen LogP contribution < -0.4 is 10.6 Å². The summed E-state index contributed by atoms with van der Waals surface area (Å²) in [5.41, 5.74) is 1.32. The molecule has 1 aromatic rings. The molecule has 1 aromatic heterocycles. The fraction of sp³-hybridized carbons (Fsp3) is 0.733. The van der Waals surface area contributed by atoms with Gasteiger partial charge in [0, 0.05) is 19.2 Å². The van der Waals surface area contributed by atoms with Gasteiger partial charge in [0.05, 0.1) is 6.54 Å². The van der Waals surface area contributed by atoms with E-state index in [9.17, 15) is 0 Å². The Labute approximate surface area is 121 Å². The molecular weight excluding hydrogens is 252 g/mol. The van der Waals surface area contributed by atoms with Gasteiger partial charge in [-0.25, -0.2) is 4.99 Å². The molecule has 1 heterocycles. The molecular formula is C15H26N4O. The summed E-state index contributed by atoms with van der Waals surface area (Å²) in [5, 5.41) is 10.7. The van der Waals surface area contributed by atoms with Crippen LogP contribution >= 0.6 is 0 Å². The lowest BCUT2D eigenvalue weighted by molar-refractivity contribution is 0.283. The van der Waals surface area contributed by atoms with Gasteiger partial charge in [-0.2, -0.15) is 0 Å². The number of aromatic nitrogens is 1. The third-order valence-corrected chi connectivity index (χ3v) is 4.28. The van der Waals surface area contributed by atoms with Crippen molar-refractivity contribution in [2.45, 2.75) is 52.5 Å². The molecule has 0 saturated heterocycles. The summed E-state index contributed by atoms with van der Waals surface area (Å²) in [6.07, 6.45) is 8.21. The lowest BCUT2D eigenvalue weighted by Crippen LogP contribution is -2.42. The van der Waals surface area contributed by atoms with Gasteiger partial charge in [-0.3, -0.25) is 0 Å². The number of nitrogens with zero attached hydrogens (tertiary/aromatic N) is 2. The standard InChI is InChI=1S/C15H26N4O/c1-3-15(8-5-6-9-15)12-18-14(16-4-2)17-11-13-7-10-20-19-13/h7,10H,3-6,8-9,11-12H2,1-2H3,(H2,16,17,18). The van der Waals surface area contributed by atoms with Crippen molar-refractivity contribution in [3.63, 3.8) is 0 Å². The zero-order chi connectivity index (χ0) is 14.3. The van der Waals surface area contributed by atoms with Crippen LogP contribution in [0, 0.1) is 5.41 Å². The van der Waals surface area contributed by atoms with Crippen LogP contribution in [0.1, 0.15) is 51.6 Å². The molecule has 1 saturated carbocycles. The Kier molecular flexibility index (Phi) is 5.44. The largest absolute Gasteiger partial charge is 0.364 e. The van der Waals surface area contributed by atoms with E-state index in [0.717, 1.165) is 24.7 Å². The quantitative estimate of drug-likeness (QED) is 0.620. The van der Waals surface area contributed by atoms with Gasteiger partial charge >= 0.3 is 0 Å². The van der Waals surface area contributed by atoms with Gasteiger partial charge in [0.25, 0.3) is 0 Å². The van der Waals surface area contributed by atoms with Gasteiger partial charge < -0.3 is 15.2 Å². The van der Waals surface area contributed by atoms with Gasteiger partial charge in [-0.1, -0.05) is 24.9 Å². The number of hydrogen-bond donors (Lipinski definition) is 2. The first-order chi connectivity index (χ1) is 9.78. The Balaban J connectivity index is 1.89. The predicted octanol–water partition coefficient (Wildman–Crippen LogP) is 2.70. The van der Waals surface area contributed by atoms with Crippen molar-refractivity contribution < 1.29 is 4.52 Å². The Bertz CT molecular complexity index is 408. The minimum Gasteiger partial charge on any atom is -0.364 e. The molecule has 0 aliphatic heterocycles. The second-order valence-corrected chi connectivity index (χ2v) is 5.60. The van der Waals surface area contributed by atoms with Crippen molar-refractivity contribution >= 4 is 5.96 Å². The molecule has 1 aliphatic carbocycles. The topological polar surface area (TPSA) is 62.5 Å².